The average Bonchev–Trinajstić information content (AvgIpc) is 2.46. The molecule has 0 bridgehead atoms. The van der Waals surface area contributed by atoms with Gasteiger partial charge in [0.05, 0.1) is 5.56 Å². The molecule has 0 heterocycles. The molecular weight excluding hydrogens is 312 g/mol. The summed E-state index contributed by atoms with van der Waals surface area (Å²) >= 11 is 0. The maximum atomic E-state index is 13.1. The van der Waals surface area contributed by atoms with Crippen molar-refractivity contribution in [1.82, 2.24) is 0 Å². The maximum absolute atomic E-state index is 13.1. The summed E-state index contributed by atoms with van der Waals surface area (Å²) in [5.74, 6) is -2.08. The molecule has 0 N–H and O–H groups in total. The lowest BCUT2D eigenvalue weighted by molar-refractivity contribution is -0.138. The summed E-state index contributed by atoms with van der Waals surface area (Å²) in [5, 5.41) is 0. The van der Waals surface area contributed by atoms with Crippen molar-refractivity contribution in [3.05, 3.63) is 46.8 Å². The van der Waals surface area contributed by atoms with E-state index in [2.05, 4.69) is 0 Å². The Morgan fingerprint density at radius 3 is 2.57 bits per heavy atom. The number of halogens is 4. The third-order valence-electron chi connectivity index (χ3n) is 3.80. The van der Waals surface area contributed by atoms with E-state index in [0.717, 1.165) is 25.0 Å². The summed E-state index contributed by atoms with van der Waals surface area (Å²) in [6.07, 6.45) is -0.127. The molecule has 2 rings (SSSR count). The first kappa shape index (κ1) is 17.4. The van der Waals surface area contributed by atoms with Gasteiger partial charge in [-0.25, -0.2) is 4.39 Å². The quantitative estimate of drug-likeness (QED) is 0.585. The molecule has 0 saturated heterocycles. The van der Waals surface area contributed by atoms with E-state index in [4.69, 9.17) is 0 Å². The van der Waals surface area contributed by atoms with Crippen LogP contribution in [-0.4, -0.2) is 11.6 Å². The molecule has 23 heavy (non-hydrogen) atoms. The Balaban J connectivity index is 2.28. The Morgan fingerprint density at radius 2 is 1.87 bits per heavy atom. The first-order valence-electron chi connectivity index (χ1n) is 7.41. The van der Waals surface area contributed by atoms with Crippen LogP contribution in [0.2, 0.25) is 0 Å². The molecule has 0 fully saturated rings. The Labute approximate surface area is 131 Å². The van der Waals surface area contributed by atoms with E-state index < -0.39 is 28.9 Å². The zero-order valence-electron chi connectivity index (χ0n) is 12.4. The highest BCUT2D eigenvalue weighted by molar-refractivity contribution is 6.06. The zero-order valence-corrected chi connectivity index (χ0v) is 12.4. The number of benzene rings is 1. The SMILES string of the molecule is O=C1CCCCC/C=C/1CC(=O)c1ccc(F)cc1C(F)(F)F. The molecule has 1 aromatic rings. The summed E-state index contributed by atoms with van der Waals surface area (Å²) in [6, 6.07) is 1.95. The molecule has 0 aromatic heterocycles. The van der Waals surface area contributed by atoms with Crippen LogP contribution in [0.4, 0.5) is 17.6 Å². The Morgan fingerprint density at radius 1 is 1.13 bits per heavy atom. The summed E-state index contributed by atoms with van der Waals surface area (Å²) in [4.78, 5) is 24.2. The molecule has 0 aliphatic heterocycles. The molecule has 0 spiro atoms. The summed E-state index contributed by atoms with van der Waals surface area (Å²) in [6.45, 7) is 0. The number of alkyl halides is 3. The molecule has 0 amide bonds. The van der Waals surface area contributed by atoms with Gasteiger partial charge in [0.15, 0.2) is 11.6 Å². The van der Waals surface area contributed by atoms with Gasteiger partial charge >= 0.3 is 6.18 Å². The van der Waals surface area contributed by atoms with Gasteiger partial charge in [0.25, 0.3) is 0 Å². The van der Waals surface area contributed by atoms with Crippen LogP contribution in [-0.2, 0) is 11.0 Å². The van der Waals surface area contributed by atoms with Crippen molar-refractivity contribution in [1.29, 1.82) is 0 Å². The van der Waals surface area contributed by atoms with Crippen molar-refractivity contribution in [2.24, 2.45) is 0 Å². The van der Waals surface area contributed by atoms with Crippen molar-refractivity contribution < 1.29 is 27.2 Å². The van der Waals surface area contributed by atoms with E-state index >= 15 is 0 Å². The predicted molar refractivity (Wildman–Crippen MR) is 76.5 cm³/mol. The fraction of sp³-hybridized carbons (Fsp3) is 0.412. The van der Waals surface area contributed by atoms with Crippen LogP contribution in [0.5, 0.6) is 0 Å². The first-order chi connectivity index (χ1) is 10.8. The number of hydrogen-bond donors (Lipinski definition) is 0. The van der Waals surface area contributed by atoms with Crippen molar-refractivity contribution in [3.63, 3.8) is 0 Å². The molecule has 0 saturated carbocycles. The van der Waals surface area contributed by atoms with E-state index in [9.17, 15) is 27.2 Å². The number of ketones is 2. The number of allylic oxidation sites excluding steroid dienone is 2. The normalized spacial score (nSPS) is 18.8. The molecule has 1 aliphatic carbocycles. The zero-order chi connectivity index (χ0) is 17.0. The number of carbonyl (C=O) groups excluding carboxylic acids is 2. The standard InChI is InChI=1S/C17H16F4O2/c18-12-7-8-13(14(10-12)17(19,20)21)16(23)9-11-5-3-1-2-4-6-15(11)22/h5,7-8,10H,1-4,6,9H2/b11-5+. The summed E-state index contributed by atoms with van der Waals surface area (Å²) in [5.41, 5.74) is -1.65. The van der Waals surface area contributed by atoms with Gasteiger partial charge in [-0.15, -0.1) is 0 Å². The van der Waals surface area contributed by atoms with Crippen molar-refractivity contribution in [2.45, 2.75) is 44.7 Å². The summed E-state index contributed by atoms with van der Waals surface area (Å²) < 4.78 is 52.0. The molecular formula is C17H16F4O2. The van der Waals surface area contributed by atoms with Gasteiger partial charge in [-0.2, -0.15) is 13.2 Å². The minimum Gasteiger partial charge on any atom is -0.295 e. The van der Waals surface area contributed by atoms with Crippen LogP contribution in [0, 0.1) is 5.82 Å². The maximum Gasteiger partial charge on any atom is 0.417 e. The average molecular weight is 328 g/mol. The van der Waals surface area contributed by atoms with Crippen molar-refractivity contribution in [2.75, 3.05) is 0 Å². The molecule has 0 atom stereocenters. The Hall–Kier alpha value is -1.98. The minimum atomic E-state index is -4.83. The lowest BCUT2D eigenvalue weighted by Crippen LogP contribution is -2.16. The second-order valence-corrected chi connectivity index (χ2v) is 5.54. The highest BCUT2D eigenvalue weighted by atomic mass is 19.4. The largest absolute Gasteiger partial charge is 0.417 e. The minimum absolute atomic E-state index is 0.200. The van der Waals surface area contributed by atoms with Gasteiger partial charge in [0, 0.05) is 18.4 Å². The lowest BCUT2D eigenvalue weighted by Gasteiger charge is -2.14. The summed E-state index contributed by atoms with van der Waals surface area (Å²) in [7, 11) is 0. The van der Waals surface area contributed by atoms with Gasteiger partial charge in [0.1, 0.15) is 5.82 Å². The molecule has 0 unspecified atom stereocenters. The van der Waals surface area contributed by atoms with E-state index in [-0.39, 0.29) is 17.8 Å². The van der Waals surface area contributed by atoms with Gasteiger partial charge < -0.3 is 0 Å². The highest BCUT2D eigenvalue weighted by Crippen LogP contribution is 2.33. The van der Waals surface area contributed by atoms with Gasteiger partial charge in [-0.3, -0.25) is 9.59 Å². The monoisotopic (exact) mass is 328 g/mol. The molecule has 2 nitrogen and oxygen atoms in total. The van der Waals surface area contributed by atoms with Gasteiger partial charge in [-0.1, -0.05) is 12.5 Å². The fourth-order valence-electron chi connectivity index (χ4n) is 2.59. The van der Waals surface area contributed by atoms with E-state index in [1.54, 1.807) is 6.08 Å². The van der Waals surface area contributed by atoms with Crippen molar-refractivity contribution in [3.8, 4) is 0 Å². The third kappa shape index (κ3) is 4.50. The molecule has 124 valence electrons. The number of Topliss-reactive ketones (excluding diaryl/α,β-unsaturated/α-hetero) is 2. The van der Waals surface area contributed by atoms with Crippen LogP contribution < -0.4 is 0 Å². The number of carbonyl (C=O) groups is 2. The van der Waals surface area contributed by atoms with Crippen LogP contribution in [0.15, 0.2) is 29.8 Å². The Bertz CT molecular complexity index is 644. The van der Waals surface area contributed by atoms with E-state index in [1.165, 1.54) is 0 Å². The first-order valence-corrected chi connectivity index (χ1v) is 7.41. The fourth-order valence-corrected chi connectivity index (χ4v) is 2.59. The van der Waals surface area contributed by atoms with Crippen LogP contribution in [0.25, 0.3) is 0 Å². The lowest BCUT2D eigenvalue weighted by atomic mass is 9.92. The van der Waals surface area contributed by atoms with Crippen LogP contribution in [0.3, 0.4) is 0 Å². The van der Waals surface area contributed by atoms with Gasteiger partial charge in [-0.05, 0) is 43.0 Å². The van der Waals surface area contributed by atoms with E-state index in [0.29, 0.717) is 25.3 Å². The van der Waals surface area contributed by atoms with Crippen LogP contribution >= 0.6 is 0 Å². The molecule has 0 radical (unpaired) electrons. The number of rotatable bonds is 3. The second-order valence-electron chi connectivity index (χ2n) is 5.54. The van der Waals surface area contributed by atoms with Crippen LogP contribution in [0.1, 0.15) is 54.4 Å². The molecule has 6 heteroatoms. The van der Waals surface area contributed by atoms with E-state index in [1.807, 2.05) is 0 Å². The molecule has 1 aromatic carbocycles. The van der Waals surface area contributed by atoms with Gasteiger partial charge in [0.2, 0.25) is 0 Å². The Kier molecular flexibility index (Phi) is 5.34. The number of hydrogen-bond acceptors (Lipinski definition) is 2. The highest BCUT2D eigenvalue weighted by Gasteiger charge is 2.35. The molecule has 1 aliphatic rings. The predicted octanol–water partition coefficient (Wildman–Crippen LogP) is 4.88. The third-order valence-corrected chi connectivity index (χ3v) is 3.80. The second kappa shape index (κ2) is 7.06. The van der Waals surface area contributed by atoms with Crippen molar-refractivity contribution >= 4 is 11.6 Å². The smallest absolute Gasteiger partial charge is 0.295 e. The topological polar surface area (TPSA) is 34.1 Å².